The van der Waals surface area contributed by atoms with Crippen LogP contribution in [0.5, 0.6) is 0 Å². The molecular weight excluding hydrogens is 323 g/mol. The number of anilines is 4. The second-order valence-electron chi connectivity index (χ2n) is 6.29. The summed E-state index contributed by atoms with van der Waals surface area (Å²) in [5.74, 6) is 0.546. The number of urea groups is 1. The number of hydrogen-bond donors (Lipinski definition) is 2. The molecule has 8 heteroatoms. The standard InChI is InChI=1S/C17H21FN6O/c1-9(2)24-15-11(7-21-16(20-4)22-15)8-23(17(24)25)14-6-13(19)12(18)5-10(14)3/h5-7,9H,8,19H2,1-4H3,(H,20,21,22). The number of aryl methyl sites for hydroxylation is 1. The van der Waals surface area contributed by atoms with Gasteiger partial charge in [0.15, 0.2) is 0 Å². The first-order valence-corrected chi connectivity index (χ1v) is 8.03. The van der Waals surface area contributed by atoms with E-state index < -0.39 is 5.82 Å². The van der Waals surface area contributed by atoms with Crippen molar-refractivity contribution in [3.8, 4) is 0 Å². The summed E-state index contributed by atoms with van der Waals surface area (Å²) in [5.41, 5.74) is 7.75. The van der Waals surface area contributed by atoms with E-state index in [1.165, 1.54) is 12.1 Å². The van der Waals surface area contributed by atoms with E-state index in [0.29, 0.717) is 29.6 Å². The summed E-state index contributed by atoms with van der Waals surface area (Å²) >= 11 is 0. The highest BCUT2D eigenvalue weighted by molar-refractivity contribution is 6.06. The van der Waals surface area contributed by atoms with E-state index in [-0.39, 0.29) is 17.8 Å². The summed E-state index contributed by atoms with van der Waals surface area (Å²) in [7, 11) is 1.73. The monoisotopic (exact) mass is 344 g/mol. The average Bonchev–Trinajstić information content (AvgIpc) is 2.57. The molecule has 1 aromatic carbocycles. The molecule has 2 heterocycles. The summed E-state index contributed by atoms with van der Waals surface area (Å²) in [6.07, 6.45) is 1.70. The fraction of sp³-hybridized carbons (Fsp3) is 0.353. The van der Waals surface area contributed by atoms with Gasteiger partial charge in [-0.2, -0.15) is 4.98 Å². The topological polar surface area (TPSA) is 87.4 Å². The highest BCUT2D eigenvalue weighted by atomic mass is 19.1. The largest absolute Gasteiger partial charge is 0.396 e. The van der Waals surface area contributed by atoms with E-state index in [4.69, 9.17) is 5.73 Å². The van der Waals surface area contributed by atoms with Crippen LogP contribution in [0.3, 0.4) is 0 Å². The predicted octanol–water partition coefficient (Wildman–Crippen LogP) is 2.90. The van der Waals surface area contributed by atoms with Crippen molar-refractivity contribution >= 4 is 29.2 Å². The molecule has 7 nitrogen and oxygen atoms in total. The zero-order valence-electron chi connectivity index (χ0n) is 14.7. The number of carbonyl (C=O) groups excluding carboxylic acids is 1. The molecule has 2 amide bonds. The molecule has 0 saturated heterocycles. The van der Waals surface area contributed by atoms with Gasteiger partial charge in [-0.15, -0.1) is 0 Å². The Morgan fingerprint density at radius 3 is 2.72 bits per heavy atom. The van der Waals surface area contributed by atoms with Gasteiger partial charge in [0, 0.05) is 24.8 Å². The minimum Gasteiger partial charge on any atom is -0.396 e. The van der Waals surface area contributed by atoms with Crippen LogP contribution in [0.15, 0.2) is 18.3 Å². The van der Waals surface area contributed by atoms with Crippen LogP contribution < -0.4 is 20.9 Å². The van der Waals surface area contributed by atoms with E-state index in [1.807, 2.05) is 13.8 Å². The maximum atomic E-state index is 13.7. The molecule has 0 atom stereocenters. The number of nitrogens with one attached hydrogen (secondary N) is 1. The number of amides is 2. The minimum absolute atomic E-state index is 0.0112. The van der Waals surface area contributed by atoms with Crippen molar-refractivity contribution in [2.24, 2.45) is 0 Å². The number of nitrogens with zero attached hydrogens (tertiary/aromatic N) is 4. The first-order valence-electron chi connectivity index (χ1n) is 8.03. The third kappa shape index (κ3) is 2.84. The maximum Gasteiger partial charge on any atom is 0.330 e. The molecular formula is C17H21FN6O. The number of carbonyl (C=O) groups is 1. The predicted molar refractivity (Wildman–Crippen MR) is 96.3 cm³/mol. The van der Waals surface area contributed by atoms with Gasteiger partial charge in [-0.3, -0.25) is 9.80 Å². The van der Waals surface area contributed by atoms with E-state index in [2.05, 4.69) is 15.3 Å². The summed E-state index contributed by atoms with van der Waals surface area (Å²) in [4.78, 5) is 25.0. The van der Waals surface area contributed by atoms with E-state index >= 15 is 0 Å². The van der Waals surface area contributed by atoms with Crippen LogP contribution in [0, 0.1) is 12.7 Å². The van der Waals surface area contributed by atoms with Crippen molar-refractivity contribution in [2.75, 3.05) is 27.9 Å². The molecule has 1 aliphatic heterocycles. The first kappa shape index (κ1) is 16.9. The molecule has 3 rings (SSSR count). The fourth-order valence-electron chi connectivity index (χ4n) is 2.92. The molecule has 132 valence electrons. The second kappa shape index (κ2) is 6.19. The van der Waals surface area contributed by atoms with E-state index in [0.717, 1.165) is 5.56 Å². The lowest BCUT2D eigenvalue weighted by Gasteiger charge is -2.38. The third-order valence-electron chi connectivity index (χ3n) is 4.18. The molecule has 3 N–H and O–H groups in total. The molecule has 0 fully saturated rings. The molecule has 0 unspecified atom stereocenters. The Bertz CT molecular complexity index is 838. The summed E-state index contributed by atoms with van der Waals surface area (Å²) in [6, 6.07) is 2.51. The number of hydrogen-bond acceptors (Lipinski definition) is 5. The Morgan fingerprint density at radius 2 is 2.08 bits per heavy atom. The number of nitrogens with two attached hydrogens (primary N) is 1. The Balaban J connectivity index is 2.12. The highest BCUT2D eigenvalue weighted by Gasteiger charge is 2.35. The van der Waals surface area contributed by atoms with Crippen LogP contribution >= 0.6 is 0 Å². The summed E-state index contributed by atoms with van der Waals surface area (Å²) in [6.45, 7) is 5.88. The molecule has 2 aromatic rings. The van der Waals surface area contributed by atoms with Crippen molar-refractivity contribution in [3.63, 3.8) is 0 Å². The van der Waals surface area contributed by atoms with Gasteiger partial charge >= 0.3 is 6.03 Å². The smallest absolute Gasteiger partial charge is 0.330 e. The fourth-order valence-corrected chi connectivity index (χ4v) is 2.92. The van der Waals surface area contributed by atoms with Crippen LogP contribution in [-0.2, 0) is 6.54 Å². The Hall–Kier alpha value is -2.90. The highest BCUT2D eigenvalue weighted by Crippen LogP contribution is 2.34. The normalized spacial score (nSPS) is 14.1. The Kier molecular flexibility index (Phi) is 4.20. The zero-order chi connectivity index (χ0) is 18.3. The Labute approximate surface area is 145 Å². The van der Waals surface area contributed by atoms with Gasteiger partial charge in [0.2, 0.25) is 5.95 Å². The van der Waals surface area contributed by atoms with Gasteiger partial charge in [-0.05, 0) is 38.5 Å². The SMILES string of the molecule is CNc1ncc2c(n1)N(C(C)C)C(=O)N(c1cc(N)c(F)cc1C)C2. The molecule has 0 aliphatic carbocycles. The number of aromatic nitrogens is 2. The van der Waals surface area contributed by atoms with Gasteiger partial charge in [-0.1, -0.05) is 0 Å². The average molecular weight is 344 g/mol. The zero-order valence-corrected chi connectivity index (χ0v) is 14.7. The molecule has 0 radical (unpaired) electrons. The summed E-state index contributed by atoms with van der Waals surface area (Å²) < 4.78 is 13.7. The maximum absolute atomic E-state index is 13.7. The molecule has 0 bridgehead atoms. The van der Waals surface area contributed by atoms with Gasteiger partial charge in [-0.25, -0.2) is 14.2 Å². The number of benzene rings is 1. The van der Waals surface area contributed by atoms with Gasteiger partial charge in [0.1, 0.15) is 11.6 Å². The molecule has 25 heavy (non-hydrogen) atoms. The second-order valence-corrected chi connectivity index (χ2v) is 6.29. The molecule has 0 saturated carbocycles. The minimum atomic E-state index is -0.492. The molecule has 1 aromatic heterocycles. The van der Waals surface area contributed by atoms with Crippen molar-refractivity contribution in [2.45, 2.75) is 33.4 Å². The molecule has 1 aliphatic rings. The van der Waals surface area contributed by atoms with Crippen molar-refractivity contribution in [1.82, 2.24) is 9.97 Å². The van der Waals surface area contributed by atoms with Crippen molar-refractivity contribution in [1.29, 1.82) is 0 Å². The van der Waals surface area contributed by atoms with Crippen LogP contribution in [0.2, 0.25) is 0 Å². The van der Waals surface area contributed by atoms with E-state index in [1.54, 1.807) is 30.0 Å². The lowest BCUT2D eigenvalue weighted by Crippen LogP contribution is -2.51. The lowest BCUT2D eigenvalue weighted by atomic mass is 10.1. The first-order chi connectivity index (χ1) is 11.8. The number of nitrogen functional groups attached to an aromatic ring is 1. The van der Waals surface area contributed by atoms with Crippen LogP contribution in [0.25, 0.3) is 0 Å². The van der Waals surface area contributed by atoms with Crippen molar-refractivity contribution < 1.29 is 9.18 Å². The van der Waals surface area contributed by atoms with Crippen LogP contribution in [0.4, 0.5) is 32.3 Å². The number of fused-ring (bicyclic) bond motifs is 1. The van der Waals surface area contributed by atoms with Crippen molar-refractivity contribution in [3.05, 3.63) is 35.3 Å². The van der Waals surface area contributed by atoms with Crippen LogP contribution in [0.1, 0.15) is 25.0 Å². The van der Waals surface area contributed by atoms with Crippen LogP contribution in [-0.4, -0.2) is 29.1 Å². The van der Waals surface area contributed by atoms with Gasteiger partial charge in [0.05, 0.1) is 17.9 Å². The third-order valence-corrected chi connectivity index (χ3v) is 4.18. The summed E-state index contributed by atoms with van der Waals surface area (Å²) in [5, 5.41) is 2.89. The molecule has 0 spiro atoms. The van der Waals surface area contributed by atoms with E-state index in [9.17, 15) is 9.18 Å². The number of rotatable bonds is 3. The quantitative estimate of drug-likeness (QED) is 0.836. The van der Waals surface area contributed by atoms with Gasteiger partial charge in [0.25, 0.3) is 0 Å². The Morgan fingerprint density at radius 1 is 1.36 bits per heavy atom. The number of halogens is 1. The van der Waals surface area contributed by atoms with Gasteiger partial charge < -0.3 is 11.1 Å². The lowest BCUT2D eigenvalue weighted by molar-refractivity contribution is 0.248.